The minimum Gasteiger partial charge on any atom is -0.343 e. The van der Waals surface area contributed by atoms with E-state index in [0.29, 0.717) is 6.42 Å². The molecule has 0 aromatic heterocycles. The molecule has 2 nitrogen and oxygen atoms in total. The topological polar surface area (TPSA) is 29.1 Å². The van der Waals surface area contributed by atoms with Gasteiger partial charge in [-0.25, -0.2) is 4.39 Å². The van der Waals surface area contributed by atoms with E-state index >= 15 is 0 Å². The molecule has 1 unspecified atom stereocenters. The van der Waals surface area contributed by atoms with Crippen molar-refractivity contribution in [3.05, 3.63) is 47.8 Å². The van der Waals surface area contributed by atoms with Crippen LogP contribution in [0.15, 0.2) is 36.4 Å². The fraction of sp³-hybridized carbons (Fsp3) is 0.357. The molecule has 1 N–H and O–H groups in total. The zero-order valence-corrected chi connectivity index (χ0v) is 12.8. The Morgan fingerprint density at radius 2 is 1.95 bits per heavy atom. The molecule has 20 heavy (non-hydrogen) atoms. The number of carbonyl (C=O) groups is 1. The molecule has 0 heterocycles. The van der Waals surface area contributed by atoms with Crippen LogP contribution in [-0.4, -0.2) is 15.2 Å². The van der Waals surface area contributed by atoms with E-state index < -0.39 is 15.2 Å². The molecule has 1 aromatic carbocycles. The first-order valence-corrected chi connectivity index (χ1v) is 7.26. The first-order valence-electron chi connectivity index (χ1n) is 6.12. The zero-order chi connectivity index (χ0) is 14.8. The van der Waals surface area contributed by atoms with E-state index in [9.17, 15) is 9.18 Å². The molecule has 1 aliphatic carbocycles. The summed E-state index contributed by atoms with van der Waals surface area (Å²) in [6.07, 6.45) is 5.96. The molecular formula is C14H13Cl3FNO. The molecule has 1 amide bonds. The van der Waals surface area contributed by atoms with Crippen molar-refractivity contribution in [1.29, 1.82) is 0 Å². The van der Waals surface area contributed by atoms with Gasteiger partial charge < -0.3 is 5.32 Å². The molecule has 1 atom stereocenters. The molecule has 6 heteroatoms. The van der Waals surface area contributed by atoms with Gasteiger partial charge in [0.1, 0.15) is 5.82 Å². The zero-order valence-electron chi connectivity index (χ0n) is 10.5. The van der Waals surface area contributed by atoms with Crippen LogP contribution < -0.4 is 5.32 Å². The van der Waals surface area contributed by atoms with E-state index in [2.05, 4.69) is 5.32 Å². The number of carbonyl (C=O) groups excluding carboxylic acids is 1. The number of hydrogen-bond donors (Lipinski definition) is 1. The molecule has 2 rings (SSSR count). The van der Waals surface area contributed by atoms with Crippen LogP contribution in [0.25, 0.3) is 0 Å². The summed E-state index contributed by atoms with van der Waals surface area (Å²) >= 11 is 16.8. The molecule has 1 aromatic rings. The third-order valence-corrected chi connectivity index (χ3v) is 3.76. The van der Waals surface area contributed by atoms with Crippen molar-refractivity contribution >= 4 is 40.7 Å². The van der Waals surface area contributed by atoms with Gasteiger partial charge >= 0.3 is 0 Å². The lowest BCUT2D eigenvalue weighted by atomic mass is 9.90. The maximum Gasteiger partial charge on any atom is 0.272 e. The summed E-state index contributed by atoms with van der Waals surface area (Å²) in [5, 5.41) is 2.78. The van der Waals surface area contributed by atoms with Gasteiger partial charge in [-0.3, -0.25) is 4.79 Å². The van der Waals surface area contributed by atoms with Crippen molar-refractivity contribution in [2.75, 3.05) is 0 Å². The summed E-state index contributed by atoms with van der Waals surface area (Å²) in [5.41, 5.74) is 0.321. The quantitative estimate of drug-likeness (QED) is 0.657. The Morgan fingerprint density at radius 1 is 1.30 bits per heavy atom. The summed E-state index contributed by atoms with van der Waals surface area (Å²) in [6, 6.07) is 6.15. The monoisotopic (exact) mass is 335 g/mol. The molecule has 1 aliphatic rings. The summed E-state index contributed by atoms with van der Waals surface area (Å²) in [4.78, 5) is 11.9. The van der Waals surface area contributed by atoms with Crippen molar-refractivity contribution in [2.24, 2.45) is 0 Å². The number of rotatable bonds is 3. The number of nitrogens with one attached hydrogen (secondary N) is 1. The van der Waals surface area contributed by atoms with E-state index in [1.54, 1.807) is 12.1 Å². The fourth-order valence-corrected chi connectivity index (χ4v) is 2.43. The van der Waals surface area contributed by atoms with Crippen LogP contribution in [-0.2, 0) is 11.2 Å². The molecule has 0 spiro atoms. The van der Waals surface area contributed by atoms with Gasteiger partial charge in [-0.1, -0.05) is 59.1 Å². The number of alkyl halides is 3. The van der Waals surface area contributed by atoms with Gasteiger partial charge in [-0.2, -0.15) is 0 Å². The average Bonchev–Trinajstić information content (AvgIpc) is 2.79. The fourth-order valence-electron chi connectivity index (χ4n) is 2.29. The molecule has 0 radical (unpaired) electrons. The first kappa shape index (κ1) is 15.6. The Labute approximate surface area is 131 Å². The minimum absolute atomic E-state index is 0.296. The lowest BCUT2D eigenvalue weighted by molar-refractivity contribution is -0.121. The highest BCUT2D eigenvalue weighted by molar-refractivity contribution is 6.76. The van der Waals surface area contributed by atoms with E-state index in [-0.39, 0.29) is 5.82 Å². The van der Waals surface area contributed by atoms with E-state index in [1.807, 2.05) is 12.2 Å². The lowest BCUT2D eigenvalue weighted by Crippen LogP contribution is -2.51. The Bertz CT molecular complexity index is 524. The van der Waals surface area contributed by atoms with Crippen LogP contribution in [0, 0.1) is 5.82 Å². The minimum atomic E-state index is -1.99. The maximum absolute atomic E-state index is 12.9. The van der Waals surface area contributed by atoms with Crippen LogP contribution >= 0.6 is 34.8 Å². The summed E-state index contributed by atoms with van der Waals surface area (Å²) < 4.78 is 10.9. The number of allylic oxidation sites excluding steroid dienone is 1. The Balaban J connectivity index is 2.16. The molecular weight excluding hydrogens is 324 g/mol. The molecule has 108 valence electrons. The van der Waals surface area contributed by atoms with Crippen molar-refractivity contribution in [3.63, 3.8) is 0 Å². The van der Waals surface area contributed by atoms with E-state index in [0.717, 1.165) is 18.4 Å². The molecule has 0 saturated carbocycles. The first-order chi connectivity index (χ1) is 9.31. The van der Waals surface area contributed by atoms with Crippen molar-refractivity contribution < 1.29 is 9.18 Å². The van der Waals surface area contributed by atoms with Gasteiger partial charge in [0.15, 0.2) is 0 Å². The third-order valence-electron chi connectivity index (χ3n) is 3.25. The second-order valence-electron chi connectivity index (χ2n) is 4.85. The van der Waals surface area contributed by atoms with Crippen molar-refractivity contribution in [2.45, 2.75) is 28.6 Å². The van der Waals surface area contributed by atoms with Gasteiger partial charge in [0.25, 0.3) is 9.70 Å². The lowest BCUT2D eigenvalue weighted by Gasteiger charge is -2.30. The second-order valence-corrected chi connectivity index (χ2v) is 7.13. The highest BCUT2D eigenvalue weighted by Crippen LogP contribution is 2.31. The highest BCUT2D eigenvalue weighted by atomic mass is 35.6. The number of amides is 1. The summed E-state index contributed by atoms with van der Waals surface area (Å²) in [6.45, 7) is 0. The van der Waals surface area contributed by atoms with Crippen LogP contribution in [0.1, 0.15) is 18.4 Å². The molecule has 0 saturated heterocycles. The Hall–Kier alpha value is -0.770. The van der Waals surface area contributed by atoms with Crippen LogP contribution in [0.2, 0.25) is 0 Å². The molecule has 0 bridgehead atoms. The second kappa shape index (κ2) is 5.92. The van der Waals surface area contributed by atoms with Crippen LogP contribution in [0.3, 0.4) is 0 Å². The standard InChI is InChI=1S/C14H13Cl3FNO/c15-14(16,17)12(20)19-13(7-1-2-8-13)9-10-3-5-11(18)6-4-10/h1,3-7H,2,8-9H2,(H,19,20). The predicted molar refractivity (Wildman–Crippen MR) is 79.6 cm³/mol. The van der Waals surface area contributed by atoms with Crippen LogP contribution in [0.4, 0.5) is 4.39 Å². The largest absolute Gasteiger partial charge is 0.343 e. The van der Waals surface area contributed by atoms with E-state index in [1.165, 1.54) is 12.1 Å². The van der Waals surface area contributed by atoms with Gasteiger partial charge in [0.2, 0.25) is 0 Å². The van der Waals surface area contributed by atoms with Gasteiger partial charge in [-0.15, -0.1) is 0 Å². The number of halogens is 4. The third kappa shape index (κ3) is 3.87. The summed E-state index contributed by atoms with van der Waals surface area (Å²) in [7, 11) is 0. The van der Waals surface area contributed by atoms with Gasteiger partial charge in [0, 0.05) is 0 Å². The van der Waals surface area contributed by atoms with Crippen molar-refractivity contribution in [3.8, 4) is 0 Å². The summed E-state index contributed by atoms with van der Waals surface area (Å²) in [5.74, 6) is -0.953. The normalized spacial score (nSPS) is 22.0. The maximum atomic E-state index is 12.9. The number of hydrogen-bond acceptors (Lipinski definition) is 1. The number of benzene rings is 1. The molecule has 0 fully saturated rings. The van der Waals surface area contributed by atoms with E-state index in [4.69, 9.17) is 34.8 Å². The van der Waals surface area contributed by atoms with Crippen molar-refractivity contribution in [1.82, 2.24) is 5.32 Å². The Morgan fingerprint density at radius 3 is 2.45 bits per heavy atom. The van der Waals surface area contributed by atoms with Gasteiger partial charge in [0.05, 0.1) is 5.54 Å². The predicted octanol–water partition coefficient (Wildman–Crippen LogP) is 3.94. The smallest absolute Gasteiger partial charge is 0.272 e. The molecule has 0 aliphatic heterocycles. The average molecular weight is 337 g/mol. The SMILES string of the molecule is O=C(NC1(Cc2ccc(F)cc2)C=CCC1)C(Cl)(Cl)Cl. The van der Waals surface area contributed by atoms with Gasteiger partial charge in [-0.05, 0) is 37.0 Å². The highest BCUT2D eigenvalue weighted by Gasteiger charge is 2.38. The Kier molecular flexibility index (Phi) is 4.62. The van der Waals surface area contributed by atoms with Crippen LogP contribution in [0.5, 0.6) is 0 Å².